The van der Waals surface area contributed by atoms with Crippen LogP contribution in [0.15, 0.2) is 35.3 Å². The Hall–Kier alpha value is -0.820. The number of benzene rings is 1. The Morgan fingerprint density at radius 2 is 1.96 bits per heavy atom. The molecule has 2 N–H and O–H groups in total. The molecule has 0 radical (unpaired) electrons. The molecule has 1 aromatic carbocycles. The van der Waals surface area contributed by atoms with Crippen LogP contribution in [0.2, 0.25) is 0 Å². The van der Waals surface area contributed by atoms with E-state index >= 15 is 0 Å². The van der Waals surface area contributed by atoms with Crippen molar-refractivity contribution in [2.45, 2.75) is 57.6 Å². The number of hydrogen-bond donors (Lipinski definition) is 2. The largest absolute Gasteiger partial charge is 0.377 e. The van der Waals surface area contributed by atoms with Crippen LogP contribution in [0.5, 0.6) is 0 Å². The number of guanidine groups is 1. The summed E-state index contributed by atoms with van der Waals surface area (Å²) in [5.41, 5.74) is 1.87. The fourth-order valence-corrected chi connectivity index (χ4v) is 4.80. The molecule has 4 rings (SSSR count). The summed E-state index contributed by atoms with van der Waals surface area (Å²) in [6.45, 7) is 9.42. The summed E-state index contributed by atoms with van der Waals surface area (Å²) in [4.78, 5) is 4.98. The van der Waals surface area contributed by atoms with Gasteiger partial charge in [0.05, 0.1) is 12.6 Å². The summed E-state index contributed by atoms with van der Waals surface area (Å²) < 4.78 is 5.92. The van der Waals surface area contributed by atoms with Gasteiger partial charge >= 0.3 is 0 Å². The Bertz CT molecular complexity index is 642. The Balaban J connectivity index is 0.00000196. The molecule has 144 valence electrons. The fraction of sp³-hybridized carbons (Fsp3) is 0.667. The van der Waals surface area contributed by atoms with E-state index in [1.807, 2.05) is 0 Å². The molecule has 0 aromatic heterocycles. The van der Waals surface area contributed by atoms with E-state index in [1.165, 1.54) is 24.8 Å². The molecule has 0 amide bonds. The minimum Gasteiger partial charge on any atom is -0.377 e. The van der Waals surface area contributed by atoms with Gasteiger partial charge in [-0.15, -0.1) is 24.0 Å². The molecule has 5 heteroatoms. The minimum absolute atomic E-state index is 0. The van der Waals surface area contributed by atoms with Crippen LogP contribution in [0.4, 0.5) is 0 Å². The Morgan fingerprint density at radius 3 is 2.62 bits per heavy atom. The number of halogens is 1. The number of rotatable bonds is 5. The van der Waals surface area contributed by atoms with Crippen molar-refractivity contribution in [3.63, 3.8) is 0 Å². The average Bonchev–Trinajstić information content (AvgIpc) is 3.27. The number of fused-ring (bicyclic) bond motifs is 1. The highest BCUT2D eigenvalue weighted by Gasteiger charge is 2.59. The zero-order chi connectivity index (χ0) is 17.5. The van der Waals surface area contributed by atoms with Gasteiger partial charge in [0.2, 0.25) is 0 Å². The average molecular weight is 469 g/mol. The minimum atomic E-state index is 0. The normalized spacial score (nSPS) is 30.6. The predicted molar refractivity (Wildman–Crippen MR) is 117 cm³/mol. The fourth-order valence-electron chi connectivity index (χ4n) is 4.80. The van der Waals surface area contributed by atoms with Crippen LogP contribution >= 0.6 is 24.0 Å². The Labute approximate surface area is 174 Å². The second-order valence-corrected chi connectivity index (χ2v) is 8.53. The predicted octanol–water partition coefficient (Wildman–Crippen LogP) is 3.70. The van der Waals surface area contributed by atoms with E-state index in [4.69, 9.17) is 9.73 Å². The highest BCUT2D eigenvalue weighted by atomic mass is 127. The second-order valence-electron chi connectivity index (χ2n) is 8.53. The molecule has 0 bridgehead atoms. The van der Waals surface area contributed by atoms with Gasteiger partial charge in [0.15, 0.2) is 5.96 Å². The van der Waals surface area contributed by atoms with Gasteiger partial charge in [-0.1, -0.05) is 44.2 Å². The molecule has 0 spiro atoms. The van der Waals surface area contributed by atoms with Gasteiger partial charge in [0, 0.05) is 35.9 Å². The monoisotopic (exact) mass is 469 g/mol. The third-order valence-corrected chi connectivity index (χ3v) is 6.52. The highest BCUT2D eigenvalue weighted by Crippen LogP contribution is 2.52. The van der Waals surface area contributed by atoms with Crippen LogP contribution in [0, 0.1) is 11.3 Å². The lowest BCUT2D eigenvalue weighted by Crippen LogP contribution is -2.68. The quantitative estimate of drug-likeness (QED) is 0.393. The lowest BCUT2D eigenvalue weighted by atomic mass is 9.57. The SMILES string of the molecule is CCNC(=NCC1(c2ccccc2)CC1)NC1C2CCOC2C1(C)C.I. The lowest BCUT2D eigenvalue weighted by molar-refractivity contribution is -0.106. The number of nitrogens with zero attached hydrogens (tertiary/aromatic N) is 1. The Kier molecular flexibility index (Phi) is 5.87. The number of hydrogen-bond acceptors (Lipinski definition) is 2. The van der Waals surface area contributed by atoms with E-state index in [9.17, 15) is 0 Å². The van der Waals surface area contributed by atoms with Crippen molar-refractivity contribution in [2.75, 3.05) is 19.7 Å². The maximum absolute atomic E-state index is 5.92. The van der Waals surface area contributed by atoms with Crippen molar-refractivity contribution >= 4 is 29.9 Å². The first-order valence-corrected chi connectivity index (χ1v) is 9.79. The molecule has 4 nitrogen and oxygen atoms in total. The number of nitrogens with one attached hydrogen (secondary N) is 2. The summed E-state index contributed by atoms with van der Waals surface area (Å²) in [6.07, 6.45) is 4.06. The molecule has 26 heavy (non-hydrogen) atoms. The first-order valence-electron chi connectivity index (χ1n) is 9.79. The third-order valence-electron chi connectivity index (χ3n) is 6.52. The first kappa shape index (κ1) is 19.9. The summed E-state index contributed by atoms with van der Waals surface area (Å²) in [5.74, 6) is 1.59. The van der Waals surface area contributed by atoms with Crippen LogP contribution in [0.3, 0.4) is 0 Å². The summed E-state index contributed by atoms with van der Waals surface area (Å²) in [5, 5.41) is 7.18. The van der Waals surface area contributed by atoms with Crippen LogP contribution in [0.1, 0.15) is 45.6 Å². The number of aliphatic imine (C=N–C) groups is 1. The molecule has 1 aliphatic heterocycles. The van der Waals surface area contributed by atoms with Crippen LogP contribution in [0.25, 0.3) is 0 Å². The van der Waals surface area contributed by atoms with Crippen molar-refractivity contribution < 1.29 is 4.74 Å². The van der Waals surface area contributed by atoms with E-state index in [0.29, 0.717) is 18.1 Å². The van der Waals surface area contributed by atoms with Crippen molar-refractivity contribution in [1.29, 1.82) is 0 Å². The van der Waals surface area contributed by atoms with Crippen molar-refractivity contribution in [3.8, 4) is 0 Å². The molecule has 3 unspecified atom stereocenters. The molecule has 2 aliphatic carbocycles. The molecule has 3 atom stereocenters. The van der Waals surface area contributed by atoms with Gasteiger partial charge in [-0.3, -0.25) is 4.99 Å². The van der Waals surface area contributed by atoms with E-state index in [1.54, 1.807) is 0 Å². The zero-order valence-electron chi connectivity index (χ0n) is 16.1. The van der Waals surface area contributed by atoms with Crippen molar-refractivity contribution in [2.24, 2.45) is 16.3 Å². The molecule has 1 heterocycles. The topological polar surface area (TPSA) is 45.7 Å². The van der Waals surface area contributed by atoms with E-state index < -0.39 is 0 Å². The number of ether oxygens (including phenoxy) is 1. The van der Waals surface area contributed by atoms with Gasteiger partial charge in [-0.25, -0.2) is 0 Å². The molecule has 1 aromatic rings. The summed E-state index contributed by atoms with van der Waals surface area (Å²) >= 11 is 0. The maximum Gasteiger partial charge on any atom is 0.191 e. The second kappa shape index (κ2) is 7.66. The molecule has 3 fully saturated rings. The van der Waals surface area contributed by atoms with Gasteiger partial charge in [0.25, 0.3) is 0 Å². The van der Waals surface area contributed by atoms with Crippen molar-refractivity contribution in [1.82, 2.24) is 10.6 Å². The van der Waals surface area contributed by atoms with Crippen LogP contribution in [-0.2, 0) is 10.2 Å². The highest BCUT2D eigenvalue weighted by molar-refractivity contribution is 14.0. The lowest BCUT2D eigenvalue weighted by Gasteiger charge is -2.55. The maximum atomic E-state index is 5.92. The van der Waals surface area contributed by atoms with Gasteiger partial charge in [0.1, 0.15) is 0 Å². The van der Waals surface area contributed by atoms with Crippen LogP contribution < -0.4 is 10.6 Å². The molecule has 1 saturated heterocycles. The van der Waals surface area contributed by atoms with E-state index in [-0.39, 0.29) is 34.8 Å². The summed E-state index contributed by atoms with van der Waals surface area (Å²) in [6, 6.07) is 11.3. The van der Waals surface area contributed by atoms with Crippen LogP contribution in [-0.4, -0.2) is 37.8 Å². The molecular weight excluding hydrogens is 437 g/mol. The standard InChI is InChI=1S/C21H31N3O.HI/c1-4-22-19(24-17-16-10-13-25-18(16)20(17,2)3)23-14-21(11-12-21)15-8-6-5-7-9-15;/h5-9,16-18H,4,10-14H2,1-3H3,(H2,22,23,24);1H. The van der Waals surface area contributed by atoms with Crippen molar-refractivity contribution in [3.05, 3.63) is 35.9 Å². The van der Waals surface area contributed by atoms with E-state index in [0.717, 1.165) is 25.7 Å². The van der Waals surface area contributed by atoms with Gasteiger partial charge < -0.3 is 15.4 Å². The third kappa shape index (κ3) is 3.49. The Morgan fingerprint density at radius 1 is 1.23 bits per heavy atom. The zero-order valence-corrected chi connectivity index (χ0v) is 18.5. The smallest absolute Gasteiger partial charge is 0.191 e. The molecular formula is C21H32IN3O. The summed E-state index contributed by atoms with van der Waals surface area (Å²) in [7, 11) is 0. The first-order chi connectivity index (χ1) is 12.1. The van der Waals surface area contributed by atoms with Gasteiger partial charge in [-0.2, -0.15) is 0 Å². The molecule has 3 aliphatic rings. The van der Waals surface area contributed by atoms with E-state index in [2.05, 4.69) is 61.7 Å². The molecule has 2 saturated carbocycles. The van der Waals surface area contributed by atoms with Gasteiger partial charge in [-0.05, 0) is 31.7 Å².